The van der Waals surface area contributed by atoms with Crippen LogP contribution in [0.5, 0.6) is 0 Å². The second-order valence-electron chi connectivity index (χ2n) is 6.54. The molecule has 1 aliphatic rings. The molecular formula is C20H22F2N4O3. The molecule has 2 N–H and O–H groups in total. The molecular weight excluding hydrogens is 382 g/mol. The molecule has 2 heterocycles. The van der Waals surface area contributed by atoms with E-state index in [9.17, 15) is 18.4 Å². The van der Waals surface area contributed by atoms with Gasteiger partial charge in [-0.3, -0.25) is 9.59 Å². The number of carbonyl (C=O) groups excluding carboxylic acids is 2. The van der Waals surface area contributed by atoms with E-state index < -0.39 is 17.5 Å². The Balaban J connectivity index is 1.39. The minimum absolute atomic E-state index is 0.178. The van der Waals surface area contributed by atoms with Crippen molar-refractivity contribution in [2.45, 2.75) is 12.8 Å². The topological polar surface area (TPSA) is 83.6 Å². The molecule has 1 fully saturated rings. The van der Waals surface area contributed by atoms with Crippen LogP contribution in [0.3, 0.4) is 0 Å². The molecule has 0 atom stereocenters. The van der Waals surface area contributed by atoms with Gasteiger partial charge in [-0.15, -0.1) is 0 Å². The highest BCUT2D eigenvalue weighted by atomic mass is 19.1. The van der Waals surface area contributed by atoms with Gasteiger partial charge in [0.05, 0.1) is 30.7 Å². The Kier molecular flexibility index (Phi) is 7.07. The van der Waals surface area contributed by atoms with Crippen molar-refractivity contribution in [3.8, 4) is 0 Å². The maximum Gasteiger partial charge on any atom is 0.254 e. The molecule has 9 heteroatoms. The highest BCUT2D eigenvalue weighted by molar-refractivity contribution is 5.94. The van der Waals surface area contributed by atoms with E-state index in [1.165, 1.54) is 0 Å². The third-order valence-electron chi connectivity index (χ3n) is 4.41. The van der Waals surface area contributed by atoms with Crippen molar-refractivity contribution in [3.63, 3.8) is 0 Å². The third kappa shape index (κ3) is 5.95. The van der Waals surface area contributed by atoms with Crippen LogP contribution in [0.25, 0.3) is 0 Å². The molecule has 29 heavy (non-hydrogen) atoms. The van der Waals surface area contributed by atoms with Crippen molar-refractivity contribution < 1.29 is 23.1 Å². The number of pyridine rings is 1. The van der Waals surface area contributed by atoms with Crippen molar-refractivity contribution in [2.75, 3.05) is 43.1 Å². The van der Waals surface area contributed by atoms with E-state index in [0.29, 0.717) is 31.4 Å². The van der Waals surface area contributed by atoms with Crippen molar-refractivity contribution in [1.29, 1.82) is 0 Å². The number of hydrogen-bond acceptors (Lipinski definition) is 5. The molecule has 0 bridgehead atoms. The van der Waals surface area contributed by atoms with Crippen molar-refractivity contribution >= 4 is 23.3 Å². The van der Waals surface area contributed by atoms with Crippen molar-refractivity contribution in [3.05, 3.63) is 53.7 Å². The van der Waals surface area contributed by atoms with Gasteiger partial charge in [0.15, 0.2) is 0 Å². The molecule has 1 aliphatic heterocycles. The summed E-state index contributed by atoms with van der Waals surface area (Å²) in [7, 11) is 0. The molecule has 0 unspecified atom stereocenters. The quantitative estimate of drug-likeness (QED) is 0.692. The minimum Gasteiger partial charge on any atom is -0.378 e. The van der Waals surface area contributed by atoms with Gasteiger partial charge in [-0.2, -0.15) is 0 Å². The molecule has 2 aromatic rings. The number of halogens is 2. The Morgan fingerprint density at radius 1 is 1.14 bits per heavy atom. The fraction of sp³-hybridized carbons (Fsp3) is 0.350. The summed E-state index contributed by atoms with van der Waals surface area (Å²) in [5.41, 5.74) is 0.353. The van der Waals surface area contributed by atoms with E-state index in [1.807, 2.05) is 6.07 Å². The lowest BCUT2D eigenvalue weighted by atomic mass is 10.2. The Hall–Kier alpha value is -3.07. The van der Waals surface area contributed by atoms with Crippen LogP contribution in [0, 0.1) is 11.6 Å². The Morgan fingerprint density at radius 3 is 2.62 bits per heavy atom. The monoisotopic (exact) mass is 404 g/mol. The average molecular weight is 404 g/mol. The second-order valence-corrected chi connectivity index (χ2v) is 6.54. The highest BCUT2D eigenvalue weighted by Crippen LogP contribution is 2.15. The molecule has 1 aromatic carbocycles. The molecule has 0 saturated carbocycles. The van der Waals surface area contributed by atoms with Gasteiger partial charge in [0, 0.05) is 32.1 Å². The molecule has 154 valence electrons. The number of anilines is 2. The van der Waals surface area contributed by atoms with Gasteiger partial charge in [0.2, 0.25) is 5.91 Å². The summed E-state index contributed by atoms with van der Waals surface area (Å²) in [5.74, 6) is -1.70. The minimum atomic E-state index is -0.923. The maximum atomic E-state index is 13.5. The first kappa shape index (κ1) is 20.7. The van der Waals surface area contributed by atoms with Crippen LogP contribution in [0.15, 0.2) is 36.5 Å². The van der Waals surface area contributed by atoms with Gasteiger partial charge in [0.1, 0.15) is 17.5 Å². The number of rotatable bonds is 7. The second kappa shape index (κ2) is 9.92. The fourth-order valence-corrected chi connectivity index (χ4v) is 2.88. The normalized spacial score (nSPS) is 13.8. The van der Waals surface area contributed by atoms with Gasteiger partial charge < -0.3 is 20.3 Å². The van der Waals surface area contributed by atoms with Crippen LogP contribution in [0.1, 0.15) is 23.2 Å². The molecule has 3 rings (SSSR count). The Bertz CT molecular complexity index is 855. The number of benzene rings is 1. The average Bonchev–Trinajstić information content (AvgIpc) is 2.72. The van der Waals surface area contributed by atoms with E-state index in [-0.39, 0.29) is 24.4 Å². The standard InChI is InChI=1S/C20H22F2N4O3/c21-14-3-5-16(17(22)12-14)20(28)23-7-1-2-19(27)25-15-4-6-18(24-13-15)26-8-10-29-11-9-26/h3-6,12-13H,1-2,7-11H2,(H,23,28)(H,25,27). The number of hydrogen-bond donors (Lipinski definition) is 2. The third-order valence-corrected chi connectivity index (χ3v) is 4.41. The molecule has 0 radical (unpaired) electrons. The molecule has 2 amide bonds. The van der Waals surface area contributed by atoms with E-state index in [0.717, 1.165) is 31.0 Å². The van der Waals surface area contributed by atoms with E-state index >= 15 is 0 Å². The summed E-state index contributed by atoms with van der Waals surface area (Å²) in [6, 6.07) is 6.39. The molecule has 7 nitrogen and oxygen atoms in total. The lowest BCUT2D eigenvalue weighted by molar-refractivity contribution is -0.116. The molecule has 0 aliphatic carbocycles. The number of carbonyl (C=O) groups is 2. The van der Waals surface area contributed by atoms with Gasteiger partial charge in [0.25, 0.3) is 5.91 Å². The van der Waals surface area contributed by atoms with E-state index in [2.05, 4.69) is 20.5 Å². The van der Waals surface area contributed by atoms with Crippen LogP contribution in [-0.2, 0) is 9.53 Å². The Labute approximate surface area is 167 Å². The predicted molar refractivity (Wildman–Crippen MR) is 104 cm³/mol. The summed E-state index contributed by atoms with van der Waals surface area (Å²) in [4.78, 5) is 30.4. The highest BCUT2D eigenvalue weighted by Gasteiger charge is 2.13. The van der Waals surface area contributed by atoms with Gasteiger partial charge in [-0.25, -0.2) is 13.8 Å². The van der Waals surface area contributed by atoms with Crippen LogP contribution in [0.4, 0.5) is 20.3 Å². The number of ether oxygens (including phenoxy) is 1. The first-order valence-corrected chi connectivity index (χ1v) is 9.35. The van der Waals surface area contributed by atoms with Gasteiger partial charge >= 0.3 is 0 Å². The maximum absolute atomic E-state index is 13.5. The smallest absolute Gasteiger partial charge is 0.254 e. The number of nitrogens with one attached hydrogen (secondary N) is 2. The fourth-order valence-electron chi connectivity index (χ4n) is 2.88. The first-order valence-electron chi connectivity index (χ1n) is 9.35. The molecule has 0 spiro atoms. The van der Waals surface area contributed by atoms with Crippen LogP contribution in [-0.4, -0.2) is 49.6 Å². The lowest BCUT2D eigenvalue weighted by Crippen LogP contribution is -2.36. The molecule has 1 aromatic heterocycles. The zero-order chi connectivity index (χ0) is 20.6. The lowest BCUT2D eigenvalue weighted by Gasteiger charge is -2.27. The summed E-state index contributed by atoms with van der Waals surface area (Å²) >= 11 is 0. The number of nitrogens with zero attached hydrogens (tertiary/aromatic N) is 2. The van der Waals surface area contributed by atoms with Crippen LogP contribution < -0.4 is 15.5 Å². The van der Waals surface area contributed by atoms with Gasteiger partial charge in [-0.05, 0) is 30.7 Å². The zero-order valence-corrected chi connectivity index (χ0v) is 15.8. The molecule has 1 saturated heterocycles. The summed E-state index contributed by atoms with van der Waals surface area (Å²) in [5, 5.41) is 5.26. The number of morpholine rings is 1. The van der Waals surface area contributed by atoms with Gasteiger partial charge in [-0.1, -0.05) is 0 Å². The summed E-state index contributed by atoms with van der Waals surface area (Å²) in [6.45, 7) is 3.10. The van der Waals surface area contributed by atoms with Crippen LogP contribution >= 0.6 is 0 Å². The van der Waals surface area contributed by atoms with Crippen LogP contribution in [0.2, 0.25) is 0 Å². The summed E-state index contributed by atoms with van der Waals surface area (Å²) in [6.07, 6.45) is 2.15. The van der Waals surface area contributed by atoms with Crippen molar-refractivity contribution in [2.24, 2.45) is 0 Å². The Morgan fingerprint density at radius 2 is 1.93 bits per heavy atom. The van der Waals surface area contributed by atoms with E-state index in [1.54, 1.807) is 12.3 Å². The largest absolute Gasteiger partial charge is 0.378 e. The number of amides is 2. The zero-order valence-electron chi connectivity index (χ0n) is 15.8. The van der Waals surface area contributed by atoms with Crippen molar-refractivity contribution in [1.82, 2.24) is 10.3 Å². The summed E-state index contributed by atoms with van der Waals surface area (Å²) < 4.78 is 31.7. The number of aromatic nitrogens is 1. The first-order chi connectivity index (χ1) is 14.0. The SMILES string of the molecule is O=C(CCCNC(=O)c1ccc(F)cc1F)Nc1ccc(N2CCOCC2)nc1. The van der Waals surface area contributed by atoms with E-state index in [4.69, 9.17) is 4.74 Å². The predicted octanol–water partition coefficient (Wildman–Crippen LogP) is 2.35.